The highest BCUT2D eigenvalue weighted by Gasteiger charge is 2.77. The summed E-state index contributed by atoms with van der Waals surface area (Å²) in [6.07, 6.45) is 5.29. The average Bonchev–Trinajstić information content (AvgIpc) is 2.09. The zero-order chi connectivity index (χ0) is 15.2. The summed E-state index contributed by atoms with van der Waals surface area (Å²) in [7, 11) is 0. The first-order valence-corrected chi connectivity index (χ1v) is 7.02. The third-order valence-corrected chi connectivity index (χ3v) is 5.05. The van der Waals surface area contributed by atoms with Crippen LogP contribution in [0.2, 0.25) is 0 Å². The van der Waals surface area contributed by atoms with Gasteiger partial charge in [0.15, 0.2) is 0 Å². The maximum absolute atomic E-state index is 13.4. The highest BCUT2D eigenvalue weighted by molar-refractivity contribution is 5.89. The quantitative estimate of drug-likeness (QED) is 0.682. The number of rotatable bonds is 6. The number of allylic oxidation sites excluding steroid dienone is 2. The summed E-state index contributed by atoms with van der Waals surface area (Å²) in [5, 5.41) is 8.46. The van der Waals surface area contributed by atoms with E-state index in [2.05, 4.69) is 0 Å². The van der Waals surface area contributed by atoms with Crippen molar-refractivity contribution in [3.63, 3.8) is 0 Å². The molecule has 0 spiro atoms. The van der Waals surface area contributed by atoms with E-state index < -0.39 is 16.8 Å². The zero-order valence-electron chi connectivity index (χ0n) is 12.3. The van der Waals surface area contributed by atoms with Crippen molar-refractivity contribution in [1.29, 1.82) is 5.26 Å². The normalized spacial score (nSPS) is 32.4. The number of alkyl halides is 2. The third-order valence-electron chi connectivity index (χ3n) is 5.05. The van der Waals surface area contributed by atoms with Crippen molar-refractivity contribution in [1.82, 2.24) is 0 Å². The molecular weight excluding hydrogens is 260 g/mol. The minimum atomic E-state index is -2.67. The first-order valence-electron chi connectivity index (χ1n) is 7.02. The van der Waals surface area contributed by atoms with E-state index in [1.54, 1.807) is 6.08 Å². The maximum Gasteiger partial charge on any atom is 0.251 e. The number of hydrogen-bond donors (Lipinski definition) is 0. The Morgan fingerprint density at radius 3 is 2.30 bits per heavy atom. The fourth-order valence-electron chi connectivity index (χ4n) is 3.67. The van der Waals surface area contributed by atoms with E-state index in [1.165, 1.54) is 6.08 Å². The summed E-state index contributed by atoms with van der Waals surface area (Å²) in [6.45, 7) is 4.92. The molecule has 0 radical (unpaired) electrons. The van der Waals surface area contributed by atoms with Gasteiger partial charge >= 0.3 is 0 Å². The van der Waals surface area contributed by atoms with Gasteiger partial charge in [-0.15, -0.1) is 0 Å². The lowest BCUT2D eigenvalue weighted by Crippen LogP contribution is -2.71. The molecule has 0 aromatic heterocycles. The van der Waals surface area contributed by atoms with Gasteiger partial charge in [0.1, 0.15) is 5.78 Å². The summed E-state index contributed by atoms with van der Waals surface area (Å²) >= 11 is 0. The molecule has 0 aliphatic heterocycles. The second-order valence-corrected chi connectivity index (χ2v) is 7.48. The Labute approximate surface area is 118 Å². The number of nitrogens with zero attached hydrogens (tertiary/aromatic N) is 1. The number of carbonyl (C=O) groups excluding carboxylic acids is 1. The summed E-state index contributed by atoms with van der Waals surface area (Å²) in [5.74, 6) is -2.54. The van der Waals surface area contributed by atoms with E-state index in [9.17, 15) is 13.6 Å². The Hall–Kier alpha value is -1.24. The van der Waals surface area contributed by atoms with Crippen molar-refractivity contribution in [2.24, 2.45) is 16.2 Å². The highest BCUT2D eigenvalue weighted by Crippen LogP contribution is 2.78. The zero-order valence-corrected chi connectivity index (χ0v) is 12.3. The summed E-state index contributed by atoms with van der Waals surface area (Å²) < 4.78 is 26.8. The van der Waals surface area contributed by atoms with Gasteiger partial charge in [0.25, 0.3) is 5.92 Å². The van der Waals surface area contributed by atoms with E-state index in [-0.39, 0.29) is 11.2 Å². The van der Waals surface area contributed by atoms with Gasteiger partial charge in [0.05, 0.1) is 6.07 Å². The minimum absolute atomic E-state index is 0.124. The van der Waals surface area contributed by atoms with Gasteiger partial charge in [-0.3, -0.25) is 4.79 Å². The second-order valence-electron chi connectivity index (χ2n) is 7.48. The first kappa shape index (κ1) is 15.2. The lowest BCUT2D eigenvalue weighted by atomic mass is 9.32. The molecule has 2 nitrogen and oxygen atoms in total. The van der Waals surface area contributed by atoms with Crippen LogP contribution in [0.4, 0.5) is 8.78 Å². The van der Waals surface area contributed by atoms with Crippen molar-refractivity contribution < 1.29 is 13.6 Å². The molecule has 2 bridgehead atoms. The van der Waals surface area contributed by atoms with Crippen molar-refractivity contribution >= 4 is 5.78 Å². The molecule has 110 valence electrons. The van der Waals surface area contributed by atoms with Crippen LogP contribution < -0.4 is 0 Å². The van der Waals surface area contributed by atoms with Crippen molar-refractivity contribution in [2.45, 2.75) is 58.8 Å². The van der Waals surface area contributed by atoms with E-state index in [1.807, 2.05) is 19.9 Å². The fourth-order valence-corrected chi connectivity index (χ4v) is 3.67. The number of Topliss-reactive ketones (excluding diaryl/α,β-unsaturated/α-hetero) is 1. The molecule has 0 N–H and O–H groups in total. The topological polar surface area (TPSA) is 40.9 Å². The Morgan fingerprint density at radius 1 is 1.30 bits per heavy atom. The van der Waals surface area contributed by atoms with Gasteiger partial charge in [-0.1, -0.05) is 19.9 Å². The second kappa shape index (κ2) is 4.38. The van der Waals surface area contributed by atoms with E-state index in [0.29, 0.717) is 32.1 Å². The Balaban J connectivity index is 1.90. The molecule has 0 saturated heterocycles. The van der Waals surface area contributed by atoms with Crippen LogP contribution in [0, 0.1) is 27.6 Å². The maximum atomic E-state index is 13.4. The Morgan fingerprint density at radius 2 is 1.85 bits per heavy atom. The molecule has 0 unspecified atom stereocenters. The van der Waals surface area contributed by atoms with Gasteiger partial charge in [-0.2, -0.15) is 5.26 Å². The van der Waals surface area contributed by atoms with Crippen LogP contribution in [-0.4, -0.2) is 11.7 Å². The van der Waals surface area contributed by atoms with Crippen molar-refractivity contribution in [3.8, 4) is 6.07 Å². The molecule has 20 heavy (non-hydrogen) atoms. The van der Waals surface area contributed by atoms with Crippen molar-refractivity contribution in [3.05, 3.63) is 12.2 Å². The van der Waals surface area contributed by atoms with Gasteiger partial charge in [-0.05, 0) is 38.0 Å². The van der Waals surface area contributed by atoms with Crippen LogP contribution in [0.5, 0.6) is 0 Å². The predicted octanol–water partition coefficient (Wildman–Crippen LogP) is 4.27. The molecule has 3 saturated carbocycles. The molecular formula is C16H21F2NO. The largest absolute Gasteiger partial charge is 0.299 e. The third kappa shape index (κ3) is 2.28. The van der Waals surface area contributed by atoms with Crippen molar-refractivity contribution in [2.75, 3.05) is 0 Å². The lowest BCUT2D eigenvalue weighted by Gasteiger charge is -2.71. The van der Waals surface area contributed by atoms with Gasteiger partial charge < -0.3 is 0 Å². The van der Waals surface area contributed by atoms with E-state index in [4.69, 9.17) is 5.26 Å². The Bertz CT molecular complexity index is 474. The molecule has 3 aliphatic rings. The molecule has 3 fully saturated rings. The molecule has 0 amide bonds. The minimum Gasteiger partial charge on any atom is -0.299 e. The van der Waals surface area contributed by atoms with Crippen LogP contribution in [0.1, 0.15) is 52.9 Å². The molecule has 0 heterocycles. The molecule has 4 heteroatoms. The van der Waals surface area contributed by atoms with Crippen LogP contribution >= 0.6 is 0 Å². The van der Waals surface area contributed by atoms with Crippen LogP contribution in [0.15, 0.2) is 12.2 Å². The number of ketones is 1. The number of nitriles is 1. The van der Waals surface area contributed by atoms with E-state index >= 15 is 0 Å². The summed E-state index contributed by atoms with van der Waals surface area (Å²) in [6, 6.07) is 1.93. The molecule has 3 rings (SSSR count). The SMILES string of the molecule is CC(C)(CC=CC#N)CC(=O)C12CC(C(C)(F)F)(C1)C2. The predicted molar refractivity (Wildman–Crippen MR) is 72.1 cm³/mol. The highest BCUT2D eigenvalue weighted by atomic mass is 19.3. The lowest BCUT2D eigenvalue weighted by molar-refractivity contribution is -0.295. The number of hydrogen-bond acceptors (Lipinski definition) is 2. The summed E-state index contributed by atoms with van der Waals surface area (Å²) in [4.78, 5) is 12.4. The van der Waals surface area contributed by atoms with Crippen LogP contribution in [0.3, 0.4) is 0 Å². The van der Waals surface area contributed by atoms with E-state index in [0.717, 1.165) is 6.92 Å². The molecule has 0 atom stereocenters. The van der Waals surface area contributed by atoms with Crippen LogP contribution in [0.25, 0.3) is 0 Å². The fraction of sp³-hybridized carbons (Fsp3) is 0.750. The number of carbonyl (C=O) groups is 1. The van der Waals surface area contributed by atoms with Crippen LogP contribution in [-0.2, 0) is 4.79 Å². The Kier molecular flexibility index (Phi) is 3.32. The van der Waals surface area contributed by atoms with Gasteiger partial charge in [0, 0.05) is 23.3 Å². The molecule has 3 aliphatic carbocycles. The molecule has 0 aromatic carbocycles. The average molecular weight is 281 g/mol. The molecule has 0 aromatic rings. The smallest absolute Gasteiger partial charge is 0.251 e. The monoisotopic (exact) mass is 281 g/mol. The summed E-state index contributed by atoms with van der Waals surface area (Å²) in [5.41, 5.74) is -1.58. The van der Waals surface area contributed by atoms with Gasteiger partial charge in [0.2, 0.25) is 0 Å². The standard InChI is InChI=1S/C16H21F2NO/c1-13(2,6-4-5-7-19)8-12(20)15-9-16(10-15,11-15)14(3,17)18/h4-5H,6,8-11H2,1-3H3. The van der Waals surface area contributed by atoms with Gasteiger partial charge in [-0.25, -0.2) is 8.78 Å². The first-order chi connectivity index (χ1) is 9.06. The number of halogens is 2.